The molecule has 0 unspecified atom stereocenters. The highest BCUT2D eigenvalue weighted by Gasteiger charge is 2.33. The summed E-state index contributed by atoms with van der Waals surface area (Å²) in [6.07, 6.45) is 5.64. The second kappa shape index (κ2) is 4.33. The van der Waals surface area contributed by atoms with Crippen LogP contribution in [0.1, 0.15) is 37.1 Å². The molecule has 1 aromatic carbocycles. The van der Waals surface area contributed by atoms with Crippen LogP contribution >= 0.6 is 0 Å². The summed E-state index contributed by atoms with van der Waals surface area (Å²) in [5, 5.41) is 0. The monoisotopic (exact) mass is 278 g/mol. The number of rotatable bonds is 1. The fourth-order valence-electron chi connectivity index (χ4n) is 3.95. The molecule has 4 rings (SSSR count). The van der Waals surface area contributed by atoms with Crippen LogP contribution in [-0.4, -0.2) is 18.6 Å². The van der Waals surface area contributed by atoms with Gasteiger partial charge in [0.15, 0.2) is 0 Å². The lowest BCUT2D eigenvalue weighted by Gasteiger charge is -2.18. The molecule has 2 nitrogen and oxygen atoms in total. The largest absolute Gasteiger partial charge is 0.373 e. The lowest BCUT2D eigenvalue weighted by Crippen LogP contribution is -2.24. The van der Waals surface area contributed by atoms with Crippen LogP contribution in [0.2, 0.25) is 0 Å². The Hall–Kier alpha value is -1.83. The molecule has 2 heterocycles. The smallest absolute Gasteiger partial charge is 0.0436 e. The van der Waals surface area contributed by atoms with Crippen LogP contribution in [0.4, 0.5) is 5.69 Å². The molecule has 21 heavy (non-hydrogen) atoms. The van der Waals surface area contributed by atoms with Crippen LogP contribution in [0, 0.1) is 0 Å². The third-order valence-corrected chi connectivity index (χ3v) is 5.02. The molecule has 0 spiro atoms. The number of fused-ring (bicyclic) bond motifs is 2. The molecule has 0 saturated carbocycles. The van der Waals surface area contributed by atoms with Gasteiger partial charge in [-0.1, -0.05) is 26.0 Å². The van der Waals surface area contributed by atoms with E-state index in [1.165, 1.54) is 46.5 Å². The Balaban J connectivity index is 1.79. The fraction of sp³-hybridized carbons (Fsp3) is 0.421. The van der Waals surface area contributed by atoms with Crippen molar-refractivity contribution in [2.24, 2.45) is 0 Å². The molecule has 2 heteroatoms. The number of benzene rings is 1. The average Bonchev–Trinajstić information content (AvgIpc) is 3.01. The first kappa shape index (κ1) is 12.9. The number of anilines is 1. The SMILES string of the molecule is CN1CC(C)(C)c2ccc(-c3cnc4c(c3)CCC4)cc21. The van der Waals surface area contributed by atoms with E-state index in [2.05, 4.69) is 55.0 Å². The van der Waals surface area contributed by atoms with E-state index >= 15 is 0 Å². The van der Waals surface area contributed by atoms with Gasteiger partial charge in [0.25, 0.3) is 0 Å². The molecule has 1 aliphatic carbocycles. The van der Waals surface area contributed by atoms with E-state index in [1.54, 1.807) is 0 Å². The maximum absolute atomic E-state index is 4.66. The highest BCUT2D eigenvalue weighted by molar-refractivity contribution is 5.73. The van der Waals surface area contributed by atoms with Gasteiger partial charge in [0.1, 0.15) is 0 Å². The zero-order valence-corrected chi connectivity index (χ0v) is 13.1. The normalized spacial score (nSPS) is 18.7. The van der Waals surface area contributed by atoms with Gasteiger partial charge in [-0.05, 0) is 48.1 Å². The molecule has 1 aliphatic heterocycles. The Morgan fingerprint density at radius 1 is 1.10 bits per heavy atom. The van der Waals surface area contributed by atoms with E-state index in [4.69, 9.17) is 0 Å². The Morgan fingerprint density at radius 2 is 1.95 bits per heavy atom. The van der Waals surface area contributed by atoms with Crippen LogP contribution in [0.5, 0.6) is 0 Å². The first-order valence-corrected chi connectivity index (χ1v) is 7.88. The Kier molecular flexibility index (Phi) is 2.66. The topological polar surface area (TPSA) is 16.1 Å². The van der Waals surface area contributed by atoms with E-state index in [0.717, 1.165) is 13.0 Å². The third-order valence-electron chi connectivity index (χ3n) is 5.02. The van der Waals surface area contributed by atoms with Gasteiger partial charge < -0.3 is 4.90 Å². The average molecular weight is 278 g/mol. The van der Waals surface area contributed by atoms with Crippen LogP contribution in [0.25, 0.3) is 11.1 Å². The minimum Gasteiger partial charge on any atom is -0.373 e. The number of nitrogens with zero attached hydrogens (tertiary/aromatic N) is 2. The van der Waals surface area contributed by atoms with E-state index < -0.39 is 0 Å². The zero-order chi connectivity index (χ0) is 14.6. The summed E-state index contributed by atoms with van der Waals surface area (Å²) >= 11 is 0. The van der Waals surface area contributed by atoms with Crippen LogP contribution in [0.3, 0.4) is 0 Å². The van der Waals surface area contributed by atoms with Gasteiger partial charge in [-0.2, -0.15) is 0 Å². The Morgan fingerprint density at radius 3 is 2.81 bits per heavy atom. The summed E-state index contributed by atoms with van der Waals surface area (Å²) in [6.45, 7) is 5.74. The number of likely N-dealkylation sites (N-methyl/N-ethyl adjacent to an activating group) is 1. The predicted octanol–water partition coefficient (Wildman–Crippen LogP) is 3.96. The van der Waals surface area contributed by atoms with Crippen LogP contribution in [0.15, 0.2) is 30.5 Å². The summed E-state index contributed by atoms with van der Waals surface area (Å²) < 4.78 is 0. The number of pyridine rings is 1. The molecule has 0 saturated heterocycles. The van der Waals surface area contributed by atoms with Crippen molar-refractivity contribution in [2.75, 3.05) is 18.5 Å². The van der Waals surface area contributed by atoms with Gasteiger partial charge >= 0.3 is 0 Å². The molecule has 108 valence electrons. The predicted molar refractivity (Wildman–Crippen MR) is 88.0 cm³/mol. The minimum absolute atomic E-state index is 0.249. The number of aryl methyl sites for hydroxylation is 2. The summed E-state index contributed by atoms with van der Waals surface area (Å²) in [4.78, 5) is 7.04. The van der Waals surface area contributed by atoms with Crippen molar-refractivity contribution in [2.45, 2.75) is 38.5 Å². The van der Waals surface area contributed by atoms with Crippen molar-refractivity contribution in [3.8, 4) is 11.1 Å². The summed E-state index contributed by atoms with van der Waals surface area (Å²) in [5.74, 6) is 0. The molecule has 1 aromatic heterocycles. The van der Waals surface area contributed by atoms with E-state index in [1.807, 2.05) is 6.20 Å². The second-order valence-electron chi connectivity index (χ2n) is 7.16. The summed E-state index contributed by atoms with van der Waals surface area (Å²) in [5.41, 5.74) is 8.39. The van der Waals surface area contributed by atoms with Crippen molar-refractivity contribution in [1.82, 2.24) is 4.98 Å². The van der Waals surface area contributed by atoms with Crippen molar-refractivity contribution in [3.63, 3.8) is 0 Å². The first-order valence-electron chi connectivity index (χ1n) is 7.88. The number of hydrogen-bond acceptors (Lipinski definition) is 2. The minimum atomic E-state index is 0.249. The molecule has 0 fully saturated rings. The summed E-state index contributed by atoms with van der Waals surface area (Å²) in [7, 11) is 2.19. The van der Waals surface area contributed by atoms with Crippen molar-refractivity contribution < 1.29 is 0 Å². The second-order valence-corrected chi connectivity index (χ2v) is 7.16. The van der Waals surface area contributed by atoms with Gasteiger partial charge in [0.2, 0.25) is 0 Å². The fourth-order valence-corrected chi connectivity index (χ4v) is 3.95. The lowest BCUT2D eigenvalue weighted by atomic mass is 9.86. The standard InChI is InChI=1S/C19H22N2/c1-19(2)12-21(3)18-10-13(7-8-16(18)19)15-9-14-5-4-6-17(14)20-11-15/h7-11H,4-6,12H2,1-3H3. The van der Waals surface area contributed by atoms with E-state index in [-0.39, 0.29) is 5.41 Å². The highest BCUT2D eigenvalue weighted by Crippen LogP contribution is 2.41. The van der Waals surface area contributed by atoms with Crippen molar-refractivity contribution >= 4 is 5.69 Å². The molecule has 0 N–H and O–H groups in total. The third kappa shape index (κ3) is 1.97. The highest BCUT2D eigenvalue weighted by atomic mass is 15.1. The Labute approximate surface area is 126 Å². The molecule has 0 atom stereocenters. The molecule has 2 aliphatic rings. The van der Waals surface area contributed by atoms with E-state index in [0.29, 0.717) is 0 Å². The molecular weight excluding hydrogens is 256 g/mol. The Bertz CT molecular complexity index is 716. The molecule has 0 bridgehead atoms. The maximum atomic E-state index is 4.66. The van der Waals surface area contributed by atoms with Gasteiger partial charge in [-0.3, -0.25) is 4.98 Å². The molecule has 0 radical (unpaired) electrons. The number of hydrogen-bond donors (Lipinski definition) is 0. The van der Waals surface area contributed by atoms with E-state index in [9.17, 15) is 0 Å². The lowest BCUT2D eigenvalue weighted by molar-refractivity contribution is 0.563. The molecule has 2 aromatic rings. The summed E-state index contributed by atoms with van der Waals surface area (Å²) in [6, 6.07) is 9.25. The quantitative estimate of drug-likeness (QED) is 0.785. The van der Waals surface area contributed by atoms with Gasteiger partial charge in [-0.25, -0.2) is 0 Å². The van der Waals surface area contributed by atoms with Crippen molar-refractivity contribution in [1.29, 1.82) is 0 Å². The van der Waals surface area contributed by atoms with Crippen LogP contribution in [-0.2, 0) is 18.3 Å². The molecule has 0 amide bonds. The van der Waals surface area contributed by atoms with Crippen molar-refractivity contribution in [3.05, 3.63) is 47.3 Å². The van der Waals surface area contributed by atoms with Gasteiger partial charge in [0.05, 0.1) is 0 Å². The number of aromatic nitrogens is 1. The maximum Gasteiger partial charge on any atom is 0.0436 e. The van der Waals surface area contributed by atoms with Gasteiger partial charge in [0, 0.05) is 42.1 Å². The zero-order valence-electron chi connectivity index (χ0n) is 13.1. The van der Waals surface area contributed by atoms with Crippen LogP contribution < -0.4 is 4.90 Å². The van der Waals surface area contributed by atoms with Gasteiger partial charge in [-0.15, -0.1) is 0 Å². The molecular formula is C19H22N2. The first-order chi connectivity index (χ1) is 10.0.